The van der Waals surface area contributed by atoms with Crippen molar-refractivity contribution in [2.75, 3.05) is 5.73 Å². The number of aliphatic hydroxyl groups is 1. The van der Waals surface area contributed by atoms with E-state index in [0.717, 1.165) is 0 Å². The van der Waals surface area contributed by atoms with Gasteiger partial charge in [-0.2, -0.15) is 0 Å². The number of benzene rings is 2. The Balaban J connectivity index is 1.57. The van der Waals surface area contributed by atoms with E-state index in [1.54, 1.807) is 41.7 Å². The second-order valence-corrected chi connectivity index (χ2v) is 11.5. The molecule has 0 amide bonds. The van der Waals surface area contributed by atoms with Gasteiger partial charge in [0.05, 0.1) is 11.6 Å². The first-order chi connectivity index (χ1) is 18.9. The molecule has 2 aromatic carbocycles. The van der Waals surface area contributed by atoms with Crippen LogP contribution in [0.25, 0.3) is 16.8 Å². The number of nitrogens with two attached hydrogens (primary N) is 1. The Hall–Kier alpha value is -3.56. The summed E-state index contributed by atoms with van der Waals surface area (Å²) in [7, 11) is 0. The van der Waals surface area contributed by atoms with E-state index in [4.69, 9.17) is 22.3 Å². The normalized spacial score (nSPS) is 20.9. The molecule has 4 aromatic rings. The molecule has 40 heavy (non-hydrogen) atoms. The first kappa shape index (κ1) is 28.0. The van der Waals surface area contributed by atoms with Crippen molar-refractivity contribution in [1.82, 2.24) is 14.4 Å². The molecule has 0 saturated heterocycles. The number of fused-ring (bicyclic) bond motifs is 1. The Morgan fingerprint density at radius 3 is 2.50 bits per heavy atom. The lowest BCUT2D eigenvalue weighted by atomic mass is 9.75. The van der Waals surface area contributed by atoms with Crippen LogP contribution in [0.4, 0.5) is 14.6 Å². The lowest BCUT2D eigenvalue weighted by Crippen LogP contribution is -2.33. The van der Waals surface area contributed by atoms with E-state index in [1.165, 1.54) is 24.4 Å². The van der Waals surface area contributed by atoms with Crippen LogP contribution in [0.2, 0.25) is 5.15 Å². The molecule has 1 saturated carbocycles. The van der Waals surface area contributed by atoms with Gasteiger partial charge in [-0.3, -0.25) is 9.20 Å². The summed E-state index contributed by atoms with van der Waals surface area (Å²) in [5.74, 6) is -0.150. The van der Waals surface area contributed by atoms with Crippen LogP contribution in [-0.2, 0) is 10.4 Å². The molecule has 2 aromatic heterocycles. The minimum atomic E-state index is -2.64. The third kappa shape index (κ3) is 4.51. The molecule has 4 N–H and O–H groups in total. The molecule has 1 unspecified atom stereocenters. The molecule has 1 aliphatic carbocycles. The Bertz CT molecular complexity index is 1590. The Morgan fingerprint density at radius 1 is 1.20 bits per heavy atom. The maximum Gasteiger partial charge on any atom is 0.309 e. The number of imidazole rings is 1. The Morgan fingerprint density at radius 2 is 1.90 bits per heavy atom. The molecule has 0 spiro atoms. The predicted octanol–water partition coefficient (Wildman–Crippen LogP) is 6.82. The number of anilines is 1. The number of hydrogen-bond acceptors (Lipinski definition) is 5. The molecule has 1 aliphatic rings. The van der Waals surface area contributed by atoms with E-state index in [-0.39, 0.29) is 23.2 Å². The smallest absolute Gasteiger partial charge is 0.309 e. The maximum absolute atomic E-state index is 13.3. The third-order valence-corrected chi connectivity index (χ3v) is 8.80. The van der Waals surface area contributed by atoms with Crippen LogP contribution in [0.1, 0.15) is 74.9 Å². The zero-order valence-electron chi connectivity index (χ0n) is 22.4. The summed E-state index contributed by atoms with van der Waals surface area (Å²) < 4.78 is 28.3. The van der Waals surface area contributed by atoms with Crippen molar-refractivity contribution in [3.05, 3.63) is 82.4 Å². The fraction of sp³-hybridized carbons (Fsp3) is 0.367. The average molecular weight is 569 g/mol. The number of hydrogen-bond donors (Lipinski definition) is 3. The van der Waals surface area contributed by atoms with Gasteiger partial charge in [0.25, 0.3) is 6.43 Å². The third-order valence-electron chi connectivity index (χ3n) is 8.54. The minimum absolute atomic E-state index is 0.0513. The lowest BCUT2D eigenvalue weighted by molar-refractivity contribution is -0.151. The second kappa shape index (κ2) is 10.1. The van der Waals surface area contributed by atoms with Crippen molar-refractivity contribution in [1.29, 1.82) is 0 Å². The topological polar surface area (TPSA) is 114 Å². The van der Waals surface area contributed by atoms with E-state index in [2.05, 4.69) is 4.98 Å². The Kier molecular flexibility index (Phi) is 7.08. The maximum atomic E-state index is 13.3. The molecule has 10 heteroatoms. The molecule has 210 valence electrons. The molecule has 0 radical (unpaired) electrons. The molecule has 0 bridgehead atoms. The van der Waals surface area contributed by atoms with Crippen LogP contribution in [0.15, 0.2) is 54.7 Å². The molecule has 2 heterocycles. The van der Waals surface area contributed by atoms with Crippen LogP contribution < -0.4 is 5.73 Å². The number of halogens is 3. The van der Waals surface area contributed by atoms with Crippen LogP contribution in [0.3, 0.4) is 0 Å². The Labute approximate surface area is 235 Å². The minimum Gasteiger partial charge on any atom is -0.481 e. The average Bonchev–Trinajstić information content (AvgIpc) is 3.55. The fourth-order valence-electron chi connectivity index (χ4n) is 5.96. The summed E-state index contributed by atoms with van der Waals surface area (Å²) in [5, 5.41) is 21.7. The number of rotatable bonds is 7. The summed E-state index contributed by atoms with van der Waals surface area (Å²) in [6.45, 7) is 5.42. The van der Waals surface area contributed by atoms with Crippen LogP contribution in [-0.4, -0.2) is 30.6 Å². The molecule has 1 fully saturated rings. The van der Waals surface area contributed by atoms with Crippen molar-refractivity contribution >= 4 is 28.9 Å². The first-order valence-corrected chi connectivity index (χ1v) is 13.5. The summed E-state index contributed by atoms with van der Waals surface area (Å²) in [5.41, 5.74) is 6.37. The SMILES string of the molecule is CC(C)[C@]1(C(=O)O)CC[C@H](c2nc(-c3ccc(C(C)(O)c4cccc(C(F)F)c4)cc3)c3c(N)ncc(Cl)n23)C1. The number of nitrogen functional groups attached to an aromatic ring is 1. The van der Waals surface area contributed by atoms with Gasteiger partial charge in [-0.25, -0.2) is 18.7 Å². The number of aromatic nitrogens is 3. The van der Waals surface area contributed by atoms with Crippen molar-refractivity contribution in [2.45, 2.75) is 58.0 Å². The number of carboxylic acid groups (broad SMARTS) is 1. The van der Waals surface area contributed by atoms with Crippen LogP contribution >= 0.6 is 11.6 Å². The van der Waals surface area contributed by atoms with E-state index in [9.17, 15) is 23.8 Å². The monoisotopic (exact) mass is 568 g/mol. The number of alkyl halides is 2. The van der Waals surface area contributed by atoms with Gasteiger partial charge in [0.2, 0.25) is 0 Å². The summed E-state index contributed by atoms with van der Waals surface area (Å²) in [6.07, 6.45) is 0.406. The molecule has 7 nitrogen and oxygen atoms in total. The highest BCUT2D eigenvalue weighted by Crippen LogP contribution is 2.51. The van der Waals surface area contributed by atoms with E-state index in [0.29, 0.717) is 58.1 Å². The quantitative estimate of drug-likeness (QED) is 0.225. The van der Waals surface area contributed by atoms with Crippen molar-refractivity contribution < 1.29 is 23.8 Å². The van der Waals surface area contributed by atoms with Gasteiger partial charge < -0.3 is 15.9 Å². The van der Waals surface area contributed by atoms with E-state index in [1.807, 2.05) is 13.8 Å². The highest BCUT2D eigenvalue weighted by atomic mass is 35.5. The van der Waals surface area contributed by atoms with Crippen molar-refractivity contribution in [3.8, 4) is 11.3 Å². The van der Waals surface area contributed by atoms with E-state index >= 15 is 0 Å². The fourth-order valence-corrected chi connectivity index (χ4v) is 6.18. The first-order valence-electron chi connectivity index (χ1n) is 13.1. The highest BCUT2D eigenvalue weighted by Gasteiger charge is 2.49. The van der Waals surface area contributed by atoms with E-state index < -0.39 is 23.4 Å². The standard InChI is InChI=1S/C30H31ClF2N4O3/c1-16(2)30(28(38)39)12-11-19(14-30)27-36-23(24-26(34)35-15-22(31)37(24)27)17-7-9-20(10-8-17)29(3,40)21-6-4-5-18(13-21)25(32)33/h4-10,13,15-16,19,25,40H,11-12,14H2,1-3H3,(H2,34,35)(H,38,39)/t19-,29?,30-/m0/s1. The zero-order valence-corrected chi connectivity index (χ0v) is 23.2. The van der Waals surface area contributed by atoms with Crippen LogP contribution in [0, 0.1) is 11.3 Å². The van der Waals surface area contributed by atoms with Gasteiger partial charge in [0.1, 0.15) is 33.6 Å². The summed E-state index contributed by atoms with van der Waals surface area (Å²) in [4.78, 5) is 21.5. The second-order valence-electron chi connectivity index (χ2n) is 11.1. The molecule has 5 rings (SSSR count). The van der Waals surface area contributed by atoms with Gasteiger partial charge in [0.15, 0.2) is 0 Å². The number of carbonyl (C=O) groups is 1. The van der Waals surface area contributed by atoms with Gasteiger partial charge in [-0.05, 0) is 49.3 Å². The number of nitrogens with zero attached hydrogens (tertiary/aromatic N) is 3. The summed E-state index contributed by atoms with van der Waals surface area (Å²) >= 11 is 6.60. The molecule has 3 atom stereocenters. The molecule has 0 aliphatic heterocycles. The largest absolute Gasteiger partial charge is 0.481 e. The highest BCUT2D eigenvalue weighted by molar-refractivity contribution is 6.30. The predicted molar refractivity (Wildman–Crippen MR) is 149 cm³/mol. The van der Waals surface area contributed by atoms with Crippen molar-refractivity contribution in [3.63, 3.8) is 0 Å². The van der Waals surface area contributed by atoms with Gasteiger partial charge >= 0.3 is 5.97 Å². The van der Waals surface area contributed by atoms with Gasteiger partial charge in [0, 0.05) is 17.0 Å². The molecular weight excluding hydrogens is 538 g/mol. The lowest BCUT2D eigenvalue weighted by Gasteiger charge is -2.28. The zero-order chi connectivity index (χ0) is 29.0. The number of aliphatic carboxylic acids is 1. The van der Waals surface area contributed by atoms with Crippen LogP contribution in [0.5, 0.6) is 0 Å². The molecular formula is C30H31ClF2N4O3. The summed E-state index contributed by atoms with van der Waals surface area (Å²) in [6, 6.07) is 12.7. The van der Waals surface area contributed by atoms with Crippen molar-refractivity contribution in [2.24, 2.45) is 11.3 Å². The van der Waals surface area contributed by atoms with Gasteiger partial charge in [-0.15, -0.1) is 0 Å². The number of carboxylic acids is 1. The van der Waals surface area contributed by atoms with Gasteiger partial charge in [-0.1, -0.05) is 67.9 Å².